The van der Waals surface area contributed by atoms with E-state index in [1.165, 1.54) is 5.56 Å². The Labute approximate surface area is 121 Å². The van der Waals surface area contributed by atoms with E-state index >= 15 is 0 Å². The van der Waals surface area contributed by atoms with Crippen LogP contribution in [-0.2, 0) is 11.3 Å². The average molecular weight is 275 g/mol. The highest BCUT2D eigenvalue weighted by atomic mass is 16.2. The fourth-order valence-corrected chi connectivity index (χ4v) is 2.54. The minimum Gasteiger partial charge on any atom is -0.351 e. The number of amides is 1. The first-order valence-electron chi connectivity index (χ1n) is 7.38. The second kappa shape index (κ2) is 6.86. The Balaban J connectivity index is 1.79. The smallest absolute Gasteiger partial charge is 0.237 e. The van der Waals surface area contributed by atoms with Crippen LogP contribution in [0.3, 0.4) is 0 Å². The summed E-state index contributed by atoms with van der Waals surface area (Å²) in [5.74, 6) is 0.156. The summed E-state index contributed by atoms with van der Waals surface area (Å²) in [5.41, 5.74) is 7.19. The van der Waals surface area contributed by atoms with Crippen molar-refractivity contribution in [3.05, 3.63) is 35.9 Å². The van der Waals surface area contributed by atoms with Crippen molar-refractivity contribution in [2.75, 3.05) is 13.1 Å². The monoisotopic (exact) mass is 275 g/mol. The minimum absolute atomic E-state index is 0.0217. The van der Waals surface area contributed by atoms with Crippen LogP contribution in [0.2, 0.25) is 0 Å². The molecule has 3 N–H and O–H groups in total. The van der Waals surface area contributed by atoms with E-state index in [-0.39, 0.29) is 17.9 Å². The molecule has 0 aliphatic carbocycles. The standard InChI is InChI=1S/C16H25N3O/c1-12(2)15(17)16(20)18-14-8-9-19(11-14)10-13-6-4-3-5-7-13/h3-7,12,14-15H,8-11,17H2,1-2H3,(H,18,20). The van der Waals surface area contributed by atoms with Crippen LogP contribution in [0.4, 0.5) is 0 Å². The summed E-state index contributed by atoms with van der Waals surface area (Å²) < 4.78 is 0. The van der Waals surface area contributed by atoms with Crippen molar-refractivity contribution < 1.29 is 4.79 Å². The van der Waals surface area contributed by atoms with Crippen LogP contribution >= 0.6 is 0 Å². The highest BCUT2D eigenvalue weighted by Gasteiger charge is 2.26. The van der Waals surface area contributed by atoms with E-state index in [1.54, 1.807) is 0 Å². The molecule has 0 saturated carbocycles. The molecule has 2 unspecified atom stereocenters. The van der Waals surface area contributed by atoms with Crippen molar-refractivity contribution in [3.8, 4) is 0 Å². The van der Waals surface area contributed by atoms with E-state index in [2.05, 4.69) is 34.5 Å². The van der Waals surface area contributed by atoms with Gasteiger partial charge in [0.15, 0.2) is 0 Å². The zero-order valence-electron chi connectivity index (χ0n) is 12.4. The van der Waals surface area contributed by atoms with Crippen LogP contribution in [-0.4, -0.2) is 36.0 Å². The molecule has 1 heterocycles. The normalized spacial score (nSPS) is 21.1. The number of nitrogens with zero attached hydrogens (tertiary/aromatic N) is 1. The number of hydrogen-bond donors (Lipinski definition) is 2. The van der Waals surface area contributed by atoms with Gasteiger partial charge in [0.1, 0.15) is 0 Å². The third-order valence-electron chi connectivity index (χ3n) is 3.89. The van der Waals surface area contributed by atoms with E-state index in [9.17, 15) is 4.79 Å². The second-order valence-electron chi connectivity index (χ2n) is 5.98. The first kappa shape index (κ1) is 15.0. The van der Waals surface area contributed by atoms with Gasteiger partial charge in [0.05, 0.1) is 6.04 Å². The average Bonchev–Trinajstić information content (AvgIpc) is 2.86. The lowest BCUT2D eigenvalue weighted by molar-refractivity contribution is -0.123. The van der Waals surface area contributed by atoms with Crippen molar-refractivity contribution in [2.24, 2.45) is 11.7 Å². The van der Waals surface area contributed by atoms with E-state index in [1.807, 2.05) is 19.9 Å². The van der Waals surface area contributed by atoms with Gasteiger partial charge in [-0.1, -0.05) is 44.2 Å². The van der Waals surface area contributed by atoms with Gasteiger partial charge < -0.3 is 11.1 Å². The molecule has 2 rings (SSSR count). The molecule has 0 aromatic heterocycles. The van der Waals surface area contributed by atoms with Crippen LogP contribution in [0.25, 0.3) is 0 Å². The maximum atomic E-state index is 12.0. The third-order valence-corrected chi connectivity index (χ3v) is 3.89. The molecule has 20 heavy (non-hydrogen) atoms. The largest absolute Gasteiger partial charge is 0.351 e. The van der Waals surface area contributed by atoms with Crippen LogP contribution in [0.1, 0.15) is 25.8 Å². The number of carbonyl (C=O) groups excluding carboxylic acids is 1. The molecule has 0 spiro atoms. The third kappa shape index (κ3) is 4.05. The fourth-order valence-electron chi connectivity index (χ4n) is 2.54. The molecule has 1 aliphatic heterocycles. The summed E-state index contributed by atoms with van der Waals surface area (Å²) in [4.78, 5) is 14.3. The van der Waals surface area contributed by atoms with Crippen LogP contribution < -0.4 is 11.1 Å². The molecule has 1 fully saturated rings. The number of hydrogen-bond acceptors (Lipinski definition) is 3. The molecule has 110 valence electrons. The van der Waals surface area contributed by atoms with Gasteiger partial charge in [-0.25, -0.2) is 0 Å². The van der Waals surface area contributed by atoms with Gasteiger partial charge in [0, 0.05) is 25.7 Å². The highest BCUT2D eigenvalue weighted by molar-refractivity contribution is 5.82. The molecule has 1 amide bonds. The molecule has 1 aromatic carbocycles. The Morgan fingerprint density at radius 2 is 2.10 bits per heavy atom. The molecule has 2 atom stereocenters. The van der Waals surface area contributed by atoms with Crippen LogP contribution in [0.5, 0.6) is 0 Å². The van der Waals surface area contributed by atoms with Crippen LogP contribution in [0, 0.1) is 5.92 Å². The first-order chi connectivity index (χ1) is 9.56. The first-order valence-corrected chi connectivity index (χ1v) is 7.38. The topological polar surface area (TPSA) is 58.4 Å². The van der Waals surface area contributed by atoms with Gasteiger partial charge in [-0.3, -0.25) is 9.69 Å². The van der Waals surface area contributed by atoms with Crippen LogP contribution in [0.15, 0.2) is 30.3 Å². The Morgan fingerprint density at radius 1 is 1.40 bits per heavy atom. The van der Waals surface area contributed by atoms with Gasteiger partial charge in [-0.15, -0.1) is 0 Å². The molecule has 0 bridgehead atoms. The molecule has 4 heteroatoms. The molecule has 1 aliphatic rings. The minimum atomic E-state index is -0.404. The lowest BCUT2D eigenvalue weighted by Crippen LogP contribution is -2.48. The van der Waals surface area contributed by atoms with Gasteiger partial charge in [-0.2, -0.15) is 0 Å². The quantitative estimate of drug-likeness (QED) is 0.853. The summed E-state index contributed by atoms with van der Waals surface area (Å²) in [6.07, 6.45) is 1.00. The fraction of sp³-hybridized carbons (Fsp3) is 0.562. The Kier molecular flexibility index (Phi) is 5.15. The zero-order valence-corrected chi connectivity index (χ0v) is 12.4. The van der Waals surface area contributed by atoms with E-state index in [4.69, 9.17) is 5.73 Å². The van der Waals surface area contributed by atoms with Gasteiger partial charge in [-0.05, 0) is 17.9 Å². The number of rotatable bonds is 5. The number of carbonyl (C=O) groups is 1. The molecular formula is C16H25N3O. The maximum Gasteiger partial charge on any atom is 0.237 e. The van der Waals surface area contributed by atoms with Crippen molar-refractivity contribution in [1.82, 2.24) is 10.2 Å². The number of likely N-dealkylation sites (tertiary alicyclic amines) is 1. The van der Waals surface area contributed by atoms with Crippen molar-refractivity contribution in [2.45, 2.75) is 38.9 Å². The lowest BCUT2D eigenvalue weighted by Gasteiger charge is -2.20. The van der Waals surface area contributed by atoms with Gasteiger partial charge in [0.25, 0.3) is 0 Å². The predicted octanol–water partition coefficient (Wildman–Crippen LogP) is 1.36. The molecule has 1 aromatic rings. The Morgan fingerprint density at radius 3 is 2.75 bits per heavy atom. The summed E-state index contributed by atoms with van der Waals surface area (Å²) in [5, 5.41) is 3.07. The number of nitrogens with one attached hydrogen (secondary N) is 1. The van der Waals surface area contributed by atoms with E-state index in [0.29, 0.717) is 0 Å². The Hall–Kier alpha value is -1.39. The van der Waals surface area contributed by atoms with Gasteiger partial charge in [0.2, 0.25) is 5.91 Å². The van der Waals surface area contributed by atoms with Crippen molar-refractivity contribution >= 4 is 5.91 Å². The summed E-state index contributed by atoms with van der Waals surface area (Å²) >= 11 is 0. The molecular weight excluding hydrogens is 250 g/mol. The Bertz CT molecular complexity index is 433. The summed E-state index contributed by atoms with van der Waals surface area (Å²) in [6.45, 7) is 6.83. The second-order valence-corrected chi connectivity index (χ2v) is 5.98. The van der Waals surface area contributed by atoms with E-state index in [0.717, 1.165) is 26.1 Å². The number of nitrogens with two attached hydrogens (primary N) is 1. The molecule has 1 saturated heterocycles. The zero-order chi connectivity index (χ0) is 14.5. The molecule has 0 radical (unpaired) electrons. The lowest BCUT2D eigenvalue weighted by atomic mass is 10.0. The summed E-state index contributed by atoms with van der Waals surface area (Å²) in [7, 11) is 0. The summed E-state index contributed by atoms with van der Waals surface area (Å²) in [6, 6.07) is 10.3. The van der Waals surface area contributed by atoms with Gasteiger partial charge >= 0.3 is 0 Å². The predicted molar refractivity (Wildman–Crippen MR) is 81.1 cm³/mol. The highest BCUT2D eigenvalue weighted by Crippen LogP contribution is 2.13. The number of benzene rings is 1. The van der Waals surface area contributed by atoms with Crippen molar-refractivity contribution in [1.29, 1.82) is 0 Å². The molecule has 4 nitrogen and oxygen atoms in total. The van der Waals surface area contributed by atoms with Crippen molar-refractivity contribution in [3.63, 3.8) is 0 Å². The maximum absolute atomic E-state index is 12.0. The van der Waals surface area contributed by atoms with E-state index < -0.39 is 6.04 Å². The SMILES string of the molecule is CC(C)C(N)C(=O)NC1CCN(Cc2ccccc2)C1.